The number of hydrogen-bond acceptors (Lipinski definition) is 3. The first kappa shape index (κ1) is 18.5. The Morgan fingerprint density at radius 2 is 1.63 bits per heavy atom. The summed E-state index contributed by atoms with van der Waals surface area (Å²) in [5.74, 6) is -0.490. The Bertz CT molecular complexity index is 719. The molecule has 2 aliphatic heterocycles. The second-order valence-corrected chi connectivity index (χ2v) is 7.78. The molecule has 2 unspecified atom stereocenters. The number of piperidine rings is 1. The second-order valence-electron chi connectivity index (χ2n) is 7.78. The van der Waals surface area contributed by atoms with Crippen LogP contribution in [0.5, 0.6) is 0 Å². The molecule has 2 aromatic rings. The molecule has 4 rings (SSSR count). The number of likely N-dealkylation sites (tertiary alicyclic amines) is 1. The Kier molecular flexibility index (Phi) is 5.26. The molecule has 144 valence electrons. The number of benzene rings is 2. The lowest BCUT2D eigenvalue weighted by atomic mass is 9.77. The van der Waals surface area contributed by atoms with E-state index in [-0.39, 0.29) is 29.2 Å². The molecule has 0 amide bonds. The molecular weight excluding hydrogens is 346 g/mol. The second kappa shape index (κ2) is 7.66. The van der Waals surface area contributed by atoms with Crippen molar-refractivity contribution in [3.63, 3.8) is 0 Å². The summed E-state index contributed by atoms with van der Waals surface area (Å²) in [6.07, 6.45) is 2.31. The lowest BCUT2D eigenvalue weighted by molar-refractivity contribution is -0.0294. The highest BCUT2D eigenvalue weighted by atomic mass is 19.1. The van der Waals surface area contributed by atoms with Gasteiger partial charge in [0.05, 0.1) is 12.1 Å². The third-order valence-electron chi connectivity index (χ3n) is 6.18. The van der Waals surface area contributed by atoms with E-state index < -0.39 is 0 Å². The fourth-order valence-electron chi connectivity index (χ4n) is 4.82. The molecule has 2 atom stereocenters. The zero-order valence-electron chi connectivity index (χ0n) is 15.6. The van der Waals surface area contributed by atoms with Crippen molar-refractivity contribution >= 4 is 0 Å². The summed E-state index contributed by atoms with van der Waals surface area (Å²) in [4.78, 5) is 2.43. The molecule has 27 heavy (non-hydrogen) atoms. The smallest absolute Gasteiger partial charge is 0.123 e. The molecule has 2 fully saturated rings. The van der Waals surface area contributed by atoms with Crippen LogP contribution in [0.1, 0.15) is 30.0 Å². The zero-order chi connectivity index (χ0) is 18.9. The molecule has 3 nitrogen and oxygen atoms in total. The first-order chi connectivity index (χ1) is 13.1. The van der Waals surface area contributed by atoms with Gasteiger partial charge < -0.3 is 10.1 Å². The third-order valence-corrected chi connectivity index (χ3v) is 6.18. The third kappa shape index (κ3) is 3.64. The van der Waals surface area contributed by atoms with Gasteiger partial charge in [-0.25, -0.2) is 8.78 Å². The number of hydrogen-bond donors (Lipinski definition) is 1. The molecule has 2 aromatic carbocycles. The van der Waals surface area contributed by atoms with Crippen LogP contribution in [0.15, 0.2) is 48.5 Å². The fraction of sp³-hybridized carbons (Fsp3) is 0.455. The molecule has 0 radical (unpaired) electrons. The van der Waals surface area contributed by atoms with Crippen molar-refractivity contribution < 1.29 is 13.5 Å². The van der Waals surface area contributed by atoms with Crippen LogP contribution >= 0.6 is 0 Å². The average molecular weight is 372 g/mol. The minimum atomic E-state index is -0.245. The lowest BCUT2D eigenvalue weighted by Gasteiger charge is -2.41. The van der Waals surface area contributed by atoms with Crippen molar-refractivity contribution in [3.8, 4) is 0 Å². The maximum atomic E-state index is 13.5. The maximum absolute atomic E-state index is 13.5. The van der Waals surface area contributed by atoms with E-state index in [4.69, 9.17) is 4.74 Å². The van der Waals surface area contributed by atoms with Gasteiger partial charge in [-0.3, -0.25) is 4.90 Å². The first-order valence-electron chi connectivity index (χ1n) is 9.60. The number of methoxy groups -OCH3 is 1. The molecule has 2 aliphatic rings. The van der Waals surface area contributed by atoms with Crippen molar-refractivity contribution in [1.82, 2.24) is 10.2 Å². The predicted molar refractivity (Wildman–Crippen MR) is 102 cm³/mol. The van der Waals surface area contributed by atoms with E-state index in [0.29, 0.717) is 0 Å². The van der Waals surface area contributed by atoms with Crippen LogP contribution in [0.25, 0.3) is 0 Å². The van der Waals surface area contributed by atoms with Crippen LogP contribution in [0.2, 0.25) is 0 Å². The molecule has 5 heteroatoms. The summed E-state index contributed by atoms with van der Waals surface area (Å²) >= 11 is 0. The summed E-state index contributed by atoms with van der Waals surface area (Å²) in [7, 11) is 1.80. The molecule has 0 aromatic heterocycles. The molecule has 0 aliphatic carbocycles. The van der Waals surface area contributed by atoms with Gasteiger partial charge in [-0.05, 0) is 61.3 Å². The van der Waals surface area contributed by atoms with E-state index >= 15 is 0 Å². The van der Waals surface area contributed by atoms with Crippen molar-refractivity contribution in [1.29, 1.82) is 0 Å². The summed E-state index contributed by atoms with van der Waals surface area (Å²) in [5.41, 5.74) is 2.14. The Hall–Kier alpha value is -1.82. The van der Waals surface area contributed by atoms with E-state index in [1.165, 1.54) is 24.3 Å². The Labute approximate surface area is 159 Å². The molecule has 2 saturated heterocycles. The number of ether oxygens (including phenoxy) is 1. The number of halogens is 2. The van der Waals surface area contributed by atoms with Crippen LogP contribution in [0, 0.1) is 17.0 Å². The normalized spacial score (nSPS) is 26.1. The zero-order valence-corrected chi connectivity index (χ0v) is 15.6. The van der Waals surface area contributed by atoms with Crippen molar-refractivity contribution in [2.24, 2.45) is 5.41 Å². The molecule has 1 N–H and O–H groups in total. The first-order valence-corrected chi connectivity index (χ1v) is 9.60. The standard InChI is InChI=1S/C22H26F2N2O/c1-27-20-10-12-25-14-22(20)11-13-26(15-22)21(16-2-6-18(23)7-3-16)17-4-8-19(24)9-5-17/h2-9,20-21,25H,10-15H2,1H3. The number of rotatable bonds is 4. The van der Waals surface area contributed by atoms with Gasteiger partial charge in [0.15, 0.2) is 0 Å². The molecule has 0 bridgehead atoms. The highest BCUT2D eigenvalue weighted by Gasteiger charge is 2.47. The summed E-state index contributed by atoms with van der Waals surface area (Å²) in [6, 6.07) is 13.3. The summed E-state index contributed by atoms with van der Waals surface area (Å²) in [6.45, 7) is 3.76. The van der Waals surface area contributed by atoms with Gasteiger partial charge in [0.25, 0.3) is 0 Å². The van der Waals surface area contributed by atoms with Crippen molar-refractivity contribution in [3.05, 3.63) is 71.3 Å². The minimum Gasteiger partial charge on any atom is -0.381 e. The largest absolute Gasteiger partial charge is 0.381 e. The van der Waals surface area contributed by atoms with Gasteiger partial charge >= 0.3 is 0 Å². The van der Waals surface area contributed by atoms with E-state index in [1.807, 2.05) is 24.3 Å². The van der Waals surface area contributed by atoms with E-state index in [2.05, 4.69) is 10.2 Å². The van der Waals surface area contributed by atoms with E-state index in [1.54, 1.807) is 7.11 Å². The molecule has 0 saturated carbocycles. The predicted octanol–water partition coefficient (Wildman–Crippen LogP) is 3.75. The van der Waals surface area contributed by atoms with Crippen molar-refractivity contribution in [2.75, 3.05) is 33.3 Å². The van der Waals surface area contributed by atoms with E-state index in [0.717, 1.165) is 50.1 Å². The summed E-state index contributed by atoms with van der Waals surface area (Å²) in [5, 5.41) is 3.53. The SMILES string of the molecule is COC1CCNCC12CCN(C(c1ccc(F)cc1)c1ccc(F)cc1)C2. The Morgan fingerprint density at radius 1 is 1.04 bits per heavy atom. The molecule has 2 heterocycles. The van der Waals surface area contributed by atoms with Gasteiger partial charge in [-0.2, -0.15) is 0 Å². The molecule has 1 spiro atoms. The van der Waals surface area contributed by atoms with Gasteiger partial charge in [0.1, 0.15) is 11.6 Å². The summed E-state index contributed by atoms with van der Waals surface area (Å²) < 4.78 is 32.8. The van der Waals surface area contributed by atoms with Crippen LogP contribution in [-0.2, 0) is 4.74 Å². The van der Waals surface area contributed by atoms with Crippen LogP contribution in [-0.4, -0.2) is 44.3 Å². The lowest BCUT2D eigenvalue weighted by Crippen LogP contribution is -2.52. The highest BCUT2D eigenvalue weighted by Crippen LogP contribution is 2.43. The fourth-order valence-corrected chi connectivity index (χ4v) is 4.82. The highest BCUT2D eigenvalue weighted by molar-refractivity contribution is 5.33. The number of nitrogens with one attached hydrogen (secondary N) is 1. The quantitative estimate of drug-likeness (QED) is 0.885. The van der Waals surface area contributed by atoms with Gasteiger partial charge in [0, 0.05) is 25.6 Å². The van der Waals surface area contributed by atoms with Crippen LogP contribution in [0.4, 0.5) is 8.78 Å². The van der Waals surface area contributed by atoms with Crippen LogP contribution < -0.4 is 5.32 Å². The van der Waals surface area contributed by atoms with Gasteiger partial charge in [-0.1, -0.05) is 24.3 Å². The van der Waals surface area contributed by atoms with Crippen molar-refractivity contribution in [2.45, 2.75) is 25.0 Å². The average Bonchev–Trinajstić information content (AvgIpc) is 3.09. The monoisotopic (exact) mass is 372 g/mol. The van der Waals surface area contributed by atoms with Gasteiger partial charge in [-0.15, -0.1) is 0 Å². The van der Waals surface area contributed by atoms with Crippen LogP contribution in [0.3, 0.4) is 0 Å². The Morgan fingerprint density at radius 3 is 2.19 bits per heavy atom. The topological polar surface area (TPSA) is 24.5 Å². The van der Waals surface area contributed by atoms with Gasteiger partial charge in [0.2, 0.25) is 0 Å². The molecular formula is C22H26F2N2O. The maximum Gasteiger partial charge on any atom is 0.123 e. The minimum absolute atomic E-state index is 0.0231. The number of nitrogens with zero attached hydrogens (tertiary/aromatic N) is 1. The van der Waals surface area contributed by atoms with E-state index in [9.17, 15) is 8.78 Å². The Balaban J connectivity index is 1.67.